The molecule has 0 aliphatic heterocycles. The quantitative estimate of drug-likeness (QED) is 0.760. The fourth-order valence-corrected chi connectivity index (χ4v) is 0.821. The normalized spacial score (nSPS) is 11.6. The molecule has 0 aliphatic rings. The Kier molecular flexibility index (Phi) is 3.39. The van der Waals surface area contributed by atoms with Gasteiger partial charge in [0.05, 0.1) is 12.2 Å². The molecule has 0 fully saturated rings. The van der Waals surface area contributed by atoms with Crippen LogP contribution in [0.5, 0.6) is 0 Å². The zero-order chi connectivity index (χ0) is 9.73. The highest BCUT2D eigenvalue weighted by Gasteiger charge is 2.15. The Bertz CT molecular complexity index is 246. The van der Waals surface area contributed by atoms with E-state index in [1.54, 1.807) is 12.4 Å². The van der Waals surface area contributed by atoms with Crippen LogP contribution in [0.15, 0.2) is 24.5 Å². The molecule has 1 aromatic rings. The molecular formula is C10H16N2O. The lowest BCUT2D eigenvalue weighted by atomic mass is 10.1. The van der Waals surface area contributed by atoms with Crippen molar-refractivity contribution in [2.45, 2.75) is 26.1 Å². The van der Waals surface area contributed by atoms with Crippen molar-refractivity contribution < 1.29 is 4.74 Å². The van der Waals surface area contributed by atoms with Crippen molar-refractivity contribution >= 4 is 0 Å². The van der Waals surface area contributed by atoms with Gasteiger partial charge in [0, 0.05) is 18.9 Å². The van der Waals surface area contributed by atoms with E-state index in [1.165, 1.54) is 0 Å². The number of pyridine rings is 1. The van der Waals surface area contributed by atoms with Crippen molar-refractivity contribution in [2.75, 3.05) is 6.54 Å². The largest absolute Gasteiger partial charge is 0.370 e. The molecule has 3 nitrogen and oxygen atoms in total. The molecule has 72 valence electrons. The summed E-state index contributed by atoms with van der Waals surface area (Å²) in [6.45, 7) is 5.04. The molecule has 1 aromatic heterocycles. The summed E-state index contributed by atoms with van der Waals surface area (Å²) in [7, 11) is 0. The van der Waals surface area contributed by atoms with Crippen molar-refractivity contribution in [1.29, 1.82) is 0 Å². The van der Waals surface area contributed by atoms with Gasteiger partial charge in [0.1, 0.15) is 0 Å². The monoisotopic (exact) mass is 180 g/mol. The number of ether oxygens (including phenoxy) is 1. The second-order valence-corrected chi connectivity index (χ2v) is 3.61. The molecule has 0 atom stereocenters. The Morgan fingerprint density at radius 2 is 2.31 bits per heavy atom. The SMILES string of the molecule is CC(C)(CN)OCc1cccnc1. The average Bonchev–Trinajstić information content (AvgIpc) is 2.17. The van der Waals surface area contributed by atoms with Crippen LogP contribution in [0.25, 0.3) is 0 Å². The Morgan fingerprint density at radius 3 is 2.85 bits per heavy atom. The van der Waals surface area contributed by atoms with E-state index < -0.39 is 0 Å². The van der Waals surface area contributed by atoms with E-state index in [4.69, 9.17) is 10.5 Å². The molecular weight excluding hydrogens is 164 g/mol. The molecule has 0 saturated heterocycles. The van der Waals surface area contributed by atoms with E-state index in [1.807, 2.05) is 26.0 Å². The third-order valence-electron chi connectivity index (χ3n) is 1.84. The van der Waals surface area contributed by atoms with Crippen molar-refractivity contribution in [3.63, 3.8) is 0 Å². The van der Waals surface area contributed by atoms with E-state index in [2.05, 4.69) is 4.98 Å². The Morgan fingerprint density at radius 1 is 1.54 bits per heavy atom. The van der Waals surface area contributed by atoms with Gasteiger partial charge in [-0.1, -0.05) is 6.07 Å². The summed E-state index contributed by atoms with van der Waals surface area (Å²) < 4.78 is 5.60. The van der Waals surface area contributed by atoms with Crippen LogP contribution < -0.4 is 5.73 Å². The van der Waals surface area contributed by atoms with Crippen LogP contribution in [-0.4, -0.2) is 17.1 Å². The lowest BCUT2D eigenvalue weighted by Gasteiger charge is -2.22. The molecule has 0 radical (unpaired) electrons. The number of hydrogen-bond acceptors (Lipinski definition) is 3. The lowest BCUT2D eigenvalue weighted by molar-refractivity contribution is -0.0223. The van der Waals surface area contributed by atoms with Crippen LogP contribution in [-0.2, 0) is 11.3 Å². The molecule has 0 saturated carbocycles. The van der Waals surface area contributed by atoms with E-state index >= 15 is 0 Å². The van der Waals surface area contributed by atoms with Crippen LogP contribution in [0.2, 0.25) is 0 Å². The summed E-state index contributed by atoms with van der Waals surface area (Å²) in [6, 6.07) is 3.88. The van der Waals surface area contributed by atoms with Crippen molar-refractivity contribution in [2.24, 2.45) is 5.73 Å². The minimum Gasteiger partial charge on any atom is -0.370 e. The van der Waals surface area contributed by atoms with E-state index in [0.29, 0.717) is 13.2 Å². The number of hydrogen-bond donors (Lipinski definition) is 1. The molecule has 3 heteroatoms. The zero-order valence-corrected chi connectivity index (χ0v) is 8.16. The Hall–Kier alpha value is -0.930. The summed E-state index contributed by atoms with van der Waals surface area (Å²) in [5.74, 6) is 0. The highest BCUT2D eigenvalue weighted by Crippen LogP contribution is 2.10. The summed E-state index contributed by atoms with van der Waals surface area (Å²) in [6.07, 6.45) is 3.55. The molecule has 0 bridgehead atoms. The minimum atomic E-state index is -0.254. The van der Waals surface area contributed by atoms with E-state index in [-0.39, 0.29) is 5.60 Å². The van der Waals surface area contributed by atoms with Gasteiger partial charge in [-0.3, -0.25) is 4.98 Å². The maximum atomic E-state index is 5.60. The van der Waals surface area contributed by atoms with Gasteiger partial charge in [0.25, 0.3) is 0 Å². The zero-order valence-electron chi connectivity index (χ0n) is 8.16. The molecule has 0 unspecified atom stereocenters. The van der Waals surface area contributed by atoms with Crippen LogP contribution in [0.3, 0.4) is 0 Å². The number of aromatic nitrogens is 1. The fourth-order valence-electron chi connectivity index (χ4n) is 0.821. The lowest BCUT2D eigenvalue weighted by Crippen LogP contribution is -2.33. The van der Waals surface area contributed by atoms with Crippen LogP contribution in [0.1, 0.15) is 19.4 Å². The summed E-state index contributed by atoms with van der Waals surface area (Å²) in [4.78, 5) is 4.00. The van der Waals surface area contributed by atoms with Gasteiger partial charge in [-0.15, -0.1) is 0 Å². The van der Waals surface area contributed by atoms with E-state index in [9.17, 15) is 0 Å². The van der Waals surface area contributed by atoms with E-state index in [0.717, 1.165) is 5.56 Å². The smallest absolute Gasteiger partial charge is 0.0752 e. The van der Waals surface area contributed by atoms with Gasteiger partial charge in [0.2, 0.25) is 0 Å². The first-order valence-electron chi connectivity index (χ1n) is 4.37. The van der Waals surface area contributed by atoms with Gasteiger partial charge in [-0.25, -0.2) is 0 Å². The van der Waals surface area contributed by atoms with Gasteiger partial charge < -0.3 is 10.5 Å². The van der Waals surface area contributed by atoms with Gasteiger partial charge >= 0.3 is 0 Å². The van der Waals surface area contributed by atoms with Gasteiger partial charge in [0.15, 0.2) is 0 Å². The van der Waals surface area contributed by atoms with Crippen molar-refractivity contribution in [3.8, 4) is 0 Å². The first-order chi connectivity index (χ1) is 6.14. The van der Waals surface area contributed by atoms with Crippen LogP contribution >= 0.6 is 0 Å². The summed E-state index contributed by atoms with van der Waals surface area (Å²) >= 11 is 0. The summed E-state index contributed by atoms with van der Waals surface area (Å²) in [5.41, 5.74) is 6.35. The number of rotatable bonds is 4. The molecule has 0 aliphatic carbocycles. The highest BCUT2D eigenvalue weighted by atomic mass is 16.5. The van der Waals surface area contributed by atoms with Crippen LogP contribution in [0.4, 0.5) is 0 Å². The Labute approximate surface area is 78.9 Å². The van der Waals surface area contributed by atoms with Gasteiger partial charge in [-0.05, 0) is 25.5 Å². The van der Waals surface area contributed by atoms with Crippen molar-refractivity contribution in [3.05, 3.63) is 30.1 Å². The first-order valence-corrected chi connectivity index (χ1v) is 4.37. The molecule has 1 heterocycles. The van der Waals surface area contributed by atoms with Gasteiger partial charge in [-0.2, -0.15) is 0 Å². The predicted octanol–water partition coefficient (Wildman–Crippen LogP) is 1.34. The average molecular weight is 180 g/mol. The maximum absolute atomic E-state index is 5.60. The molecule has 0 amide bonds. The minimum absolute atomic E-state index is 0.254. The second kappa shape index (κ2) is 4.35. The first kappa shape index (κ1) is 10.2. The molecule has 1 rings (SSSR count). The number of nitrogens with zero attached hydrogens (tertiary/aromatic N) is 1. The third kappa shape index (κ3) is 3.53. The summed E-state index contributed by atoms with van der Waals surface area (Å²) in [5, 5.41) is 0. The second-order valence-electron chi connectivity index (χ2n) is 3.61. The maximum Gasteiger partial charge on any atom is 0.0752 e. The van der Waals surface area contributed by atoms with Crippen molar-refractivity contribution in [1.82, 2.24) is 4.98 Å². The topological polar surface area (TPSA) is 48.1 Å². The number of nitrogens with two attached hydrogens (primary N) is 1. The molecule has 0 aromatic carbocycles. The Balaban J connectivity index is 2.44. The third-order valence-corrected chi connectivity index (χ3v) is 1.84. The predicted molar refractivity (Wildman–Crippen MR) is 52.2 cm³/mol. The molecule has 2 N–H and O–H groups in total. The standard InChI is InChI=1S/C10H16N2O/c1-10(2,8-11)13-7-9-4-3-5-12-6-9/h3-6H,7-8,11H2,1-2H3. The fraction of sp³-hybridized carbons (Fsp3) is 0.500. The molecule has 13 heavy (non-hydrogen) atoms. The molecule has 0 spiro atoms. The van der Waals surface area contributed by atoms with Crippen LogP contribution in [0, 0.1) is 0 Å². The highest BCUT2D eigenvalue weighted by molar-refractivity contribution is 5.06.